The molecule has 1 heterocycles. The molecular formula is C16H22N2O2S. The van der Waals surface area contributed by atoms with Crippen LogP contribution < -0.4 is 14.8 Å². The summed E-state index contributed by atoms with van der Waals surface area (Å²) in [6, 6.07) is 5.70. The third-order valence-electron chi connectivity index (χ3n) is 3.06. The largest absolute Gasteiger partial charge is 0.497 e. The van der Waals surface area contributed by atoms with Gasteiger partial charge in [-0.1, -0.05) is 20.8 Å². The molecule has 1 aromatic heterocycles. The highest BCUT2D eigenvalue weighted by molar-refractivity contribution is 7.09. The van der Waals surface area contributed by atoms with Crippen LogP contribution in [-0.4, -0.2) is 19.2 Å². The maximum atomic E-state index is 5.36. The molecule has 0 radical (unpaired) electrons. The zero-order valence-electron chi connectivity index (χ0n) is 13.2. The molecule has 5 heteroatoms. The molecule has 0 aliphatic rings. The van der Waals surface area contributed by atoms with Crippen molar-refractivity contribution in [2.24, 2.45) is 0 Å². The Kier molecular flexibility index (Phi) is 4.73. The zero-order valence-corrected chi connectivity index (χ0v) is 14.0. The second kappa shape index (κ2) is 6.35. The molecule has 1 N–H and O–H groups in total. The topological polar surface area (TPSA) is 43.4 Å². The Morgan fingerprint density at radius 2 is 1.95 bits per heavy atom. The van der Waals surface area contributed by atoms with Crippen molar-refractivity contribution >= 4 is 17.0 Å². The molecule has 2 aromatic rings. The molecule has 0 amide bonds. The molecule has 1 aromatic carbocycles. The van der Waals surface area contributed by atoms with E-state index in [1.54, 1.807) is 25.6 Å². The molecule has 0 bridgehead atoms. The minimum atomic E-state index is 0.0938. The van der Waals surface area contributed by atoms with Gasteiger partial charge in [-0.25, -0.2) is 4.98 Å². The first kappa shape index (κ1) is 15.6. The minimum absolute atomic E-state index is 0.0938. The van der Waals surface area contributed by atoms with Crippen molar-refractivity contribution in [1.82, 2.24) is 4.98 Å². The van der Waals surface area contributed by atoms with E-state index < -0.39 is 0 Å². The van der Waals surface area contributed by atoms with Gasteiger partial charge in [-0.15, -0.1) is 11.3 Å². The Bertz CT molecular complexity index is 603. The van der Waals surface area contributed by atoms with Crippen LogP contribution >= 0.6 is 11.3 Å². The van der Waals surface area contributed by atoms with Gasteiger partial charge in [-0.3, -0.25) is 0 Å². The van der Waals surface area contributed by atoms with Crippen LogP contribution in [0.15, 0.2) is 23.6 Å². The van der Waals surface area contributed by atoms with Crippen LogP contribution in [0.25, 0.3) is 0 Å². The smallest absolute Gasteiger partial charge is 0.142 e. The van der Waals surface area contributed by atoms with Crippen LogP contribution in [0.1, 0.15) is 31.5 Å². The Hall–Kier alpha value is -1.75. The van der Waals surface area contributed by atoms with Crippen molar-refractivity contribution in [1.29, 1.82) is 0 Å². The molecule has 0 atom stereocenters. The second-order valence-electron chi connectivity index (χ2n) is 5.81. The molecule has 4 nitrogen and oxygen atoms in total. The van der Waals surface area contributed by atoms with E-state index in [1.807, 2.05) is 18.2 Å². The van der Waals surface area contributed by atoms with Crippen molar-refractivity contribution < 1.29 is 9.47 Å². The fourth-order valence-corrected chi connectivity index (χ4v) is 2.78. The summed E-state index contributed by atoms with van der Waals surface area (Å²) in [7, 11) is 3.31. The summed E-state index contributed by atoms with van der Waals surface area (Å²) < 4.78 is 10.6. The number of hydrogen-bond donors (Lipinski definition) is 1. The molecule has 0 unspecified atom stereocenters. The van der Waals surface area contributed by atoms with E-state index >= 15 is 0 Å². The van der Waals surface area contributed by atoms with E-state index in [4.69, 9.17) is 9.47 Å². The van der Waals surface area contributed by atoms with Crippen LogP contribution in [0.2, 0.25) is 0 Å². The molecular weight excluding hydrogens is 284 g/mol. The predicted molar refractivity (Wildman–Crippen MR) is 87.7 cm³/mol. The van der Waals surface area contributed by atoms with E-state index in [2.05, 4.69) is 36.5 Å². The summed E-state index contributed by atoms with van der Waals surface area (Å²) in [5.41, 5.74) is 2.04. The number of hydrogen-bond acceptors (Lipinski definition) is 5. The van der Waals surface area contributed by atoms with Gasteiger partial charge in [0.25, 0.3) is 0 Å². The van der Waals surface area contributed by atoms with Crippen molar-refractivity contribution in [3.05, 3.63) is 34.3 Å². The Balaban J connectivity index is 2.10. The first-order valence-electron chi connectivity index (χ1n) is 6.85. The third-order valence-corrected chi connectivity index (χ3v) is 4.38. The highest BCUT2D eigenvalue weighted by Crippen LogP contribution is 2.30. The quantitative estimate of drug-likeness (QED) is 0.904. The maximum Gasteiger partial charge on any atom is 0.142 e. The lowest BCUT2D eigenvalue weighted by Crippen LogP contribution is -2.11. The number of aromatic nitrogens is 1. The van der Waals surface area contributed by atoms with Gasteiger partial charge in [-0.2, -0.15) is 0 Å². The SMILES string of the molecule is COc1ccc(OC)c(NCc2csc(C(C)(C)C)n2)c1. The van der Waals surface area contributed by atoms with Crippen molar-refractivity contribution in [3.8, 4) is 11.5 Å². The van der Waals surface area contributed by atoms with Gasteiger partial charge in [0.1, 0.15) is 11.5 Å². The molecule has 0 saturated heterocycles. The number of nitrogens with zero attached hydrogens (tertiary/aromatic N) is 1. The van der Waals surface area contributed by atoms with Gasteiger partial charge in [0.2, 0.25) is 0 Å². The van der Waals surface area contributed by atoms with Crippen molar-refractivity contribution in [2.75, 3.05) is 19.5 Å². The Morgan fingerprint density at radius 3 is 2.52 bits per heavy atom. The number of benzene rings is 1. The predicted octanol–water partition coefficient (Wildman–Crippen LogP) is 4.07. The molecule has 0 saturated carbocycles. The van der Waals surface area contributed by atoms with Crippen LogP contribution in [0.4, 0.5) is 5.69 Å². The van der Waals surface area contributed by atoms with Gasteiger partial charge in [0, 0.05) is 16.9 Å². The maximum absolute atomic E-state index is 5.36. The number of rotatable bonds is 5. The van der Waals surface area contributed by atoms with Crippen molar-refractivity contribution in [2.45, 2.75) is 32.7 Å². The summed E-state index contributed by atoms with van der Waals surface area (Å²) in [5.74, 6) is 1.59. The van der Waals surface area contributed by atoms with E-state index in [0.717, 1.165) is 27.9 Å². The zero-order chi connectivity index (χ0) is 15.5. The first-order valence-corrected chi connectivity index (χ1v) is 7.73. The van der Waals surface area contributed by atoms with E-state index in [9.17, 15) is 0 Å². The van der Waals surface area contributed by atoms with Crippen molar-refractivity contribution in [3.63, 3.8) is 0 Å². The molecule has 0 aliphatic carbocycles. The average Bonchev–Trinajstić information content (AvgIpc) is 2.93. The number of ether oxygens (including phenoxy) is 2. The molecule has 114 valence electrons. The number of thiazole rings is 1. The van der Waals surface area contributed by atoms with Gasteiger partial charge in [0.05, 0.1) is 37.2 Å². The summed E-state index contributed by atoms with van der Waals surface area (Å²) >= 11 is 1.70. The first-order chi connectivity index (χ1) is 9.94. The second-order valence-corrected chi connectivity index (χ2v) is 6.67. The normalized spacial score (nSPS) is 11.3. The Morgan fingerprint density at radius 1 is 1.19 bits per heavy atom. The fourth-order valence-electron chi connectivity index (χ4n) is 1.87. The van der Waals surface area contributed by atoms with E-state index in [-0.39, 0.29) is 5.41 Å². The summed E-state index contributed by atoms with van der Waals surface area (Å²) in [6.07, 6.45) is 0. The molecule has 0 spiro atoms. The fraction of sp³-hybridized carbons (Fsp3) is 0.438. The number of methoxy groups -OCH3 is 2. The van der Waals surface area contributed by atoms with Gasteiger partial charge in [-0.05, 0) is 12.1 Å². The van der Waals surface area contributed by atoms with Gasteiger partial charge in [0.15, 0.2) is 0 Å². The van der Waals surface area contributed by atoms with E-state index in [1.165, 1.54) is 0 Å². The van der Waals surface area contributed by atoms with Crippen LogP contribution in [0, 0.1) is 0 Å². The number of nitrogens with one attached hydrogen (secondary N) is 1. The van der Waals surface area contributed by atoms with Crippen LogP contribution in [0.5, 0.6) is 11.5 Å². The summed E-state index contributed by atoms with van der Waals surface area (Å²) in [6.45, 7) is 7.19. The molecule has 2 rings (SSSR count). The van der Waals surface area contributed by atoms with Crippen LogP contribution in [-0.2, 0) is 12.0 Å². The van der Waals surface area contributed by atoms with Gasteiger partial charge >= 0.3 is 0 Å². The Labute approximate surface area is 130 Å². The minimum Gasteiger partial charge on any atom is -0.497 e. The summed E-state index contributed by atoms with van der Waals surface area (Å²) in [4.78, 5) is 4.68. The monoisotopic (exact) mass is 306 g/mol. The highest BCUT2D eigenvalue weighted by Gasteiger charge is 2.18. The van der Waals surface area contributed by atoms with Crippen LogP contribution in [0.3, 0.4) is 0 Å². The highest BCUT2D eigenvalue weighted by atomic mass is 32.1. The average molecular weight is 306 g/mol. The third kappa shape index (κ3) is 3.88. The van der Waals surface area contributed by atoms with E-state index in [0.29, 0.717) is 6.54 Å². The lowest BCUT2D eigenvalue weighted by molar-refractivity contribution is 0.404. The molecule has 21 heavy (non-hydrogen) atoms. The lowest BCUT2D eigenvalue weighted by Gasteiger charge is -2.14. The lowest BCUT2D eigenvalue weighted by atomic mass is 9.98. The summed E-state index contributed by atoms with van der Waals surface area (Å²) in [5, 5.41) is 6.61. The molecule has 0 fully saturated rings. The standard InChI is InChI=1S/C16H22N2O2S/c1-16(2,3)15-18-11(10-21-15)9-17-13-8-12(19-4)6-7-14(13)20-5/h6-8,10,17H,9H2,1-5H3. The van der Waals surface area contributed by atoms with Gasteiger partial charge < -0.3 is 14.8 Å². The molecule has 0 aliphatic heterocycles. The number of anilines is 1.